The first-order valence-electron chi connectivity index (χ1n) is 6.78. The lowest BCUT2D eigenvalue weighted by Crippen LogP contribution is -2.43. The number of ketones is 1. The SMILES string of the molecule is CCOc1ccc(C(=O)CN2CCSCC2C)cc1. The molecular weight excluding hydrogens is 258 g/mol. The number of hydrogen-bond acceptors (Lipinski definition) is 4. The van der Waals surface area contributed by atoms with Crippen molar-refractivity contribution in [2.45, 2.75) is 19.9 Å². The predicted octanol–water partition coefficient (Wildman–Crippen LogP) is 2.71. The van der Waals surface area contributed by atoms with Crippen LogP contribution < -0.4 is 4.74 Å². The molecule has 0 amide bonds. The van der Waals surface area contributed by atoms with E-state index in [1.807, 2.05) is 43.0 Å². The minimum atomic E-state index is 0.196. The molecule has 0 bridgehead atoms. The summed E-state index contributed by atoms with van der Waals surface area (Å²) in [6.45, 7) is 6.33. The molecule has 3 nitrogen and oxygen atoms in total. The van der Waals surface area contributed by atoms with E-state index in [0.717, 1.165) is 29.4 Å². The number of ether oxygens (including phenoxy) is 1. The van der Waals surface area contributed by atoms with Gasteiger partial charge < -0.3 is 4.74 Å². The van der Waals surface area contributed by atoms with Gasteiger partial charge in [-0.05, 0) is 38.1 Å². The van der Waals surface area contributed by atoms with Crippen molar-refractivity contribution in [3.8, 4) is 5.75 Å². The van der Waals surface area contributed by atoms with Crippen LogP contribution in [-0.4, -0.2) is 47.9 Å². The van der Waals surface area contributed by atoms with E-state index in [0.29, 0.717) is 19.2 Å². The number of carbonyl (C=O) groups excluding carboxylic acids is 1. The van der Waals surface area contributed by atoms with Gasteiger partial charge in [0.2, 0.25) is 0 Å². The number of Topliss-reactive ketones (excluding diaryl/α,β-unsaturated/α-hetero) is 1. The molecule has 0 spiro atoms. The summed E-state index contributed by atoms with van der Waals surface area (Å²) in [6, 6.07) is 7.94. The molecule has 1 atom stereocenters. The molecule has 1 aliphatic rings. The van der Waals surface area contributed by atoms with Crippen molar-refractivity contribution in [2.24, 2.45) is 0 Å². The summed E-state index contributed by atoms with van der Waals surface area (Å²) in [5.74, 6) is 3.26. The van der Waals surface area contributed by atoms with Gasteiger partial charge in [0.05, 0.1) is 13.2 Å². The Bertz CT molecular complexity index is 419. The molecular formula is C15H21NO2S. The van der Waals surface area contributed by atoms with Gasteiger partial charge >= 0.3 is 0 Å². The molecule has 0 aliphatic carbocycles. The molecule has 0 radical (unpaired) electrons. The molecule has 1 unspecified atom stereocenters. The number of nitrogens with zero attached hydrogens (tertiary/aromatic N) is 1. The number of hydrogen-bond donors (Lipinski definition) is 0. The molecule has 19 heavy (non-hydrogen) atoms. The zero-order chi connectivity index (χ0) is 13.7. The van der Waals surface area contributed by atoms with Crippen molar-refractivity contribution in [2.75, 3.05) is 31.2 Å². The summed E-state index contributed by atoms with van der Waals surface area (Å²) in [7, 11) is 0. The van der Waals surface area contributed by atoms with E-state index >= 15 is 0 Å². The smallest absolute Gasteiger partial charge is 0.176 e. The molecule has 1 aromatic rings. The molecule has 0 saturated carbocycles. The fraction of sp³-hybridized carbons (Fsp3) is 0.533. The monoisotopic (exact) mass is 279 g/mol. The first-order valence-corrected chi connectivity index (χ1v) is 7.94. The van der Waals surface area contributed by atoms with Gasteiger partial charge in [-0.25, -0.2) is 0 Å². The van der Waals surface area contributed by atoms with E-state index in [-0.39, 0.29) is 5.78 Å². The van der Waals surface area contributed by atoms with Crippen molar-refractivity contribution in [1.29, 1.82) is 0 Å². The van der Waals surface area contributed by atoms with Crippen LogP contribution in [0.4, 0.5) is 0 Å². The van der Waals surface area contributed by atoms with E-state index < -0.39 is 0 Å². The van der Waals surface area contributed by atoms with Crippen molar-refractivity contribution in [1.82, 2.24) is 4.90 Å². The molecule has 1 aliphatic heterocycles. The van der Waals surface area contributed by atoms with Gasteiger partial charge in [0, 0.05) is 29.7 Å². The Morgan fingerprint density at radius 1 is 1.42 bits per heavy atom. The van der Waals surface area contributed by atoms with Crippen molar-refractivity contribution in [3.63, 3.8) is 0 Å². The Hall–Kier alpha value is -1.00. The van der Waals surface area contributed by atoms with Crippen LogP contribution in [0, 0.1) is 0 Å². The van der Waals surface area contributed by atoms with Gasteiger partial charge in [-0.15, -0.1) is 0 Å². The summed E-state index contributed by atoms with van der Waals surface area (Å²) in [5.41, 5.74) is 0.772. The van der Waals surface area contributed by atoms with E-state index in [1.54, 1.807) is 0 Å². The maximum Gasteiger partial charge on any atom is 0.176 e. The highest BCUT2D eigenvalue weighted by atomic mass is 32.2. The second-order valence-electron chi connectivity index (χ2n) is 4.77. The molecule has 2 rings (SSSR count). The largest absolute Gasteiger partial charge is 0.494 e. The minimum Gasteiger partial charge on any atom is -0.494 e. The van der Waals surface area contributed by atoms with Gasteiger partial charge in [0.25, 0.3) is 0 Å². The van der Waals surface area contributed by atoms with E-state index in [9.17, 15) is 4.79 Å². The quantitative estimate of drug-likeness (QED) is 0.775. The van der Waals surface area contributed by atoms with Crippen LogP contribution in [0.5, 0.6) is 5.75 Å². The normalized spacial score (nSPS) is 20.2. The summed E-state index contributed by atoms with van der Waals surface area (Å²) < 4.78 is 5.38. The van der Waals surface area contributed by atoms with Crippen molar-refractivity contribution in [3.05, 3.63) is 29.8 Å². The number of carbonyl (C=O) groups is 1. The zero-order valence-corrected chi connectivity index (χ0v) is 12.4. The van der Waals surface area contributed by atoms with Gasteiger partial charge in [-0.2, -0.15) is 11.8 Å². The predicted molar refractivity (Wildman–Crippen MR) is 80.3 cm³/mol. The van der Waals surface area contributed by atoms with E-state index in [1.165, 1.54) is 0 Å². The number of thioether (sulfide) groups is 1. The third-order valence-electron chi connectivity index (χ3n) is 3.34. The molecule has 0 aromatic heterocycles. The van der Waals surface area contributed by atoms with Crippen LogP contribution in [-0.2, 0) is 0 Å². The summed E-state index contributed by atoms with van der Waals surface area (Å²) in [5, 5.41) is 0. The zero-order valence-electron chi connectivity index (χ0n) is 11.6. The molecule has 1 aromatic carbocycles. The third-order valence-corrected chi connectivity index (χ3v) is 4.53. The van der Waals surface area contributed by atoms with Crippen LogP contribution >= 0.6 is 11.8 Å². The molecule has 1 heterocycles. The lowest BCUT2D eigenvalue weighted by atomic mass is 10.1. The van der Waals surface area contributed by atoms with Crippen molar-refractivity contribution >= 4 is 17.5 Å². The Morgan fingerprint density at radius 2 is 2.16 bits per heavy atom. The molecule has 0 N–H and O–H groups in total. The maximum absolute atomic E-state index is 12.2. The Labute approximate surface area is 119 Å². The van der Waals surface area contributed by atoms with Gasteiger partial charge in [-0.1, -0.05) is 0 Å². The van der Waals surface area contributed by atoms with Gasteiger partial charge in [0.1, 0.15) is 5.75 Å². The van der Waals surface area contributed by atoms with Crippen LogP contribution in [0.2, 0.25) is 0 Å². The molecule has 1 saturated heterocycles. The molecule has 104 valence electrons. The Kier molecular flexibility index (Phi) is 5.28. The maximum atomic E-state index is 12.2. The second kappa shape index (κ2) is 6.96. The van der Waals surface area contributed by atoms with E-state index in [2.05, 4.69) is 11.8 Å². The summed E-state index contributed by atoms with van der Waals surface area (Å²) >= 11 is 1.97. The lowest BCUT2D eigenvalue weighted by molar-refractivity contribution is 0.0911. The van der Waals surface area contributed by atoms with Gasteiger partial charge in [-0.3, -0.25) is 9.69 Å². The summed E-state index contributed by atoms with van der Waals surface area (Å²) in [6.07, 6.45) is 0. The first-order chi connectivity index (χ1) is 9.20. The second-order valence-corrected chi connectivity index (χ2v) is 5.92. The van der Waals surface area contributed by atoms with Gasteiger partial charge in [0.15, 0.2) is 5.78 Å². The highest BCUT2D eigenvalue weighted by Crippen LogP contribution is 2.17. The first kappa shape index (κ1) is 14.4. The topological polar surface area (TPSA) is 29.5 Å². The average Bonchev–Trinajstić information content (AvgIpc) is 2.42. The Morgan fingerprint density at radius 3 is 2.79 bits per heavy atom. The highest BCUT2D eigenvalue weighted by molar-refractivity contribution is 7.99. The fourth-order valence-electron chi connectivity index (χ4n) is 2.18. The number of rotatable bonds is 5. The van der Waals surface area contributed by atoms with Crippen LogP contribution in [0.25, 0.3) is 0 Å². The minimum absolute atomic E-state index is 0.196. The third kappa shape index (κ3) is 3.98. The average molecular weight is 279 g/mol. The molecule has 1 fully saturated rings. The standard InChI is InChI=1S/C15H21NO2S/c1-3-18-14-6-4-13(5-7-14)15(17)10-16-8-9-19-11-12(16)2/h4-7,12H,3,8-11H2,1-2H3. The Balaban J connectivity index is 1.95. The summed E-state index contributed by atoms with van der Waals surface area (Å²) in [4.78, 5) is 14.5. The van der Waals surface area contributed by atoms with Crippen LogP contribution in [0.3, 0.4) is 0 Å². The van der Waals surface area contributed by atoms with E-state index in [4.69, 9.17) is 4.74 Å². The highest BCUT2D eigenvalue weighted by Gasteiger charge is 2.21. The number of benzene rings is 1. The lowest BCUT2D eigenvalue weighted by Gasteiger charge is -2.32. The molecule has 4 heteroatoms. The fourth-order valence-corrected chi connectivity index (χ4v) is 3.26. The van der Waals surface area contributed by atoms with Crippen LogP contribution in [0.1, 0.15) is 24.2 Å². The van der Waals surface area contributed by atoms with Crippen molar-refractivity contribution < 1.29 is 9.53 Å². The van der Waals surface area contributed by atoms with Crippen LogP contribution in [0.15, 0.2) is 24.3 Å².